The number of ether oxygens (including phenoxy) is 1. The van der Waals surface area contributed by atoms with Crippen molar-refractivity contribution in [2.24, 2.45) is 0 Å². The first-order valence-electron chi connectivity index (χ1n) is 7.85. The van der Waals surface area contributed by atoms with Crippen molar-refractivity contribution < 1.29 is 18.3 Å². The number of benzene rings is 2. The highest BCUT2D eigenvalue weighted by atomic mass is 19.3. The van der Waals surface area contributed by atoms with Gasteiger partial charge >= 0.3 is 6.61 Å². The number of imidazole rings is 1. The van der Waals surface area contributed by atoms with Crippen LogP contribution in [0, 0.1) is 0 Å². The van der Waals surface area contributed by atoms with Gasteiger partial charge < -0.3 is 14.6 Å². The third-order valence-electron chi connectivity index (χ3n) is 3.71. The smallest absolute Gasteiger partial charge is 0.387 e. The molecule has 2 aromatic carbocycles. The number of halogens is 2. The second-order valence-corrected chi connectivity index (χ2v) is 5.41. The van der Waals surface area contributed by atoms with E-state index >= 15 is 0 Å². The summed E-state index contributed by atoms with van der Waals surface area (Å²) in [4.78, 5) is 16.9. The number of aryl methyl sites for hydroxylation is 1. The molecule has 0 radical (unpaired) electrons. The Kier molecular flexibility index (Phi) is 4.92. The Morgan fingerprint density at radius 1 is 1.20 bits per heavy atom. The standard InChI is InChI=1S/C18H17F2N3O2/c1-2-16-22-14-5-3-4-6-15(14)23(16)11-17(24)21-12-7-9-13(10-8-12)25-18(19)20/h3-10,18H,2,11H2,1H3,(H,21,24). The number of hydrogen-bond acceptors (Lipinski definition) is 3. The van der Waals surface area contributed by atoms with Gasteiger partial charge in [-0.3, -0.25) is 4.79 Å². The SMILES string of the molecule is CCc1nc2ccccc2n1CC(=O)Nc1ccc(OC(F)F)cc1. The highest BCUT2D eigenvalue weighted by molar-refractivity contribution is 5.91. The normalized spacial score (nSPS) is 11.0. The van der Waals surface area contributed by atoms with Crippen LogP contribution in [-0.4, -0.2) is 22.1 Å². The lowest BCUT2D eigenvalue weighted by molar-refractivity contribution is -0.116. The van der Waals surface area contributed by atoms with Crippen LogP contribution in [0.25, 0.3) is 11.0 Å². The van der Waals surface area contributed by atoms with Crippen LogP contribution in [0.3, 0.4) is 0 Å². The summed E-state index contributed by atoms with van der Waals surface area (Å²) in [6.45, 7) is -0.765. The van der Waals surface area contributed by atoms with Gasteiger partial charge in [-0.05, 0) is 36.4 Å². The summed E-state index contributed by atoms with van der Waals surface area (Å²) in [5.41, 5.74) is 2.25. The molecule has 0 saturated heterocycles. The molecule has 0 bridgehead atoms. The molecular weight excluding hydrogens is 328 g/mol. The fraction of sp³-hybridized carbons (Fsp3) is 0.222. The van der Waals surface area contributed by atoms with E-state index in [9.17, 15) is 13.6 Å². The lowest BCUT2D eigenvalue weighted by atomic mass is 10.3. The zero-order valence-corrected chi connectivity index (χ0v) is 13.6. The molecule has 0 aliphatic heterocycles. The summed E-state index contributed by atoms with van der Waals surface area (Å²) in [6.07, 6.45) is 0.710. The lowest BCUT2D eigenvalue weighted by Crippen LogP contribution is -2.20. The Labute approximate surface area is 143 Å². The Hall–Kier alpha value is -2.96. The quantitative estimate of drug-likeness (QED) is 0.738. The van der Waals surface area contributed by atoms with E-state index in [-0.39, 0.29) is 18.2 Å². The monoisotopic (exact) mass is 345 g/mol. The first-order chi connectivity index (χ1) is 12.1. The third-order valence-corrected chi connectivity index (χ3v) is 3.71. The second-order valence-electron chi connectivity index (χ2n) is 5.41. The van der Waals surface area contributed by atoms with Crippen LogP contribution < -0.4 is 10.1 Å². The molecule has 3 rings (SSSR count). The molecular formula is C18H17F2N3O2. The van der Waals surface area contributed by atoms with Crippen LogP contribution in [0.2, 0.25) is 0 Å². The topological polar surface area (TPSA) is 56.2 Å². The Balaban J connectivity index is 1.72. The molecule has 7 heteroatoms. The Bertz CT molecular complexity index is 876. The second kappa shape index (κ2) is 7.29. The van der Waals surface area contributed by atoms with E-state index in [1.54, 1.807) is 0 Å². The zero-order valence-electron chi connectivity index (χ0n) is 13.6. The van der Waals surface area contributed by atoms with Gasteiger partial charge in [0.2, 0.25) is 5.91 Å². The Morgan fingerprint density at radius 3 is 2.60 bits per heavy atom. The van der Waals surface area contributed by atoms with Crippen molar-refractivity contribution >= 4 is 22.6 Å². The number of nitrogens with one attached hydrogen (secondary N) is 1. The van der Waals surface area contributed by atoms with E-state index in [0.29, 0.717) is 12.1 Å². The number of hydrogen-bond donors (Lipinski definition) is 1. The summed E-state index contributed by atoms with van der Waals surface area (Å²) in [6, 6.07) is 13.4. The molecule has 0 aliphatic carbocycles. The van der Waals surface area contributed by atoms with E-state index in [2.05, 4.69) is 15.0 Å². The molecule has 0 fully saturated rings. The minimum Gasteiger partial charge on any atom is -0.435 e. The van der Waals surface area contributed by atoms with Gasteiger partial charge in [-0.15, -0.1) is 0 Å². The highest BCUT2D eigenvalue weighted by Gasteiger charge is 2.12. The van der Waals surface area contributed by atoms with Crippen LogP contribution in [-0.2, 0) is 17.8 Å². The zero-order chi connectivity index (χ0) is 17.8. The van der Waals surface area contributed by atoms with Gasteiger partial charge in [-0.25, -0.2) is 4.98 Å². The lowest BCUT2D eigenvalue weighted by Gasteiger charge is -2.10. The average Bonchev–Trinajstić information content (AvgIpc) is 2.94. The van der Waals surface area contributed by atoms with Crippen LogP contribution >= 0.6 is 0 Å². The van der Waals surface area contributed by atoms with Crippen molar-refractivity contribution in [3.05, 3.63) is 54.4 Å². The fourth-order valence-electron chi connectivity index (χ4n) is 2.64. The number of aromatic nitrogens is 2. The van der Waals surface area contributed by atoms with Gasteiger partial charge in [0.15, 0.2) is 0 Å². The van der Waals surface area contributed by atoms with Gasteiger partial charge in [0.25, 0.3) is 0 Å². The number of rotatable bonds is 6. The van der Waals surface area contributed by atoms with E-state index in [1.165, 1.54) is 24.3 Å². The van der Waals surface area contributed by atoms with Crippen molar-refractivity contribution in [2.75, 3.05) is 5.32 Å². The van der Waals surface area contributed by atoms with E-state index in [0.717, 1.165) is 16.9 Å². The summed E-state index contributed by atoms with van der Waals surface area (Å²) in [5, 5.41) is 2.75. The molecule has 0 aliphatic rings. The van der Waals surface area contributed by atoms with E-state index in [1.807, 2.05) is 35.8 Å². The van der Waals surface area contributed by atoms with Crippen molar-refractivity contribution in [1.29, 1.82) is 0 Å². The minimum atomic E-state index is -2.87. The molecule has 0 saturated carbocycles. The van der Waals surface area contributed by atoms with Crippen molar-refractivity contribution in [2.45, 2.75) is 26.5 Å². The number of nitrogens with zero attached hydrogens (tertiary/aromatic N) is 2. The highest BCUT2D eigenvalue weighted by Crippen LogP contribution is 2.19. The summed E-state index contributed by atoms with van der Waals surface area (Å²) < 4.78 is 30.4. The molecule has 0 atom stereocenters. The molecule has 130 valence electrons. The van der Waals surface area contributed by atoms with Crippen LogP contribution in [0.5, 0.6) is 5.75 Å². The molecule has 1 heterocycles. The number of amides is 1. The number of alkyl halides is 2. The van der Waals surface area contributed by atoms with Crippen LogP contribution in [0.4, 0.5) is 14.5 Å². The summed E-state index contributed by atoms with van der Waals surface area (Å²) in [7, 11) is 0. The number of anilines is 1. The third kappa shape index (κ3) is 3.93. The molecule has 0 spiro atoms. The predicted molar refractivity (Wildman–Crippen MR) is 90.8 cm³/mol. The van der Waals surface area contributed by atoms with E-state index < -0.39 is 6.61 Å². The maximum Gasteiger partial charge on any atom is 0.387 e. The fourth-order valence-corrected chi connectivity index (χ4v) is 2.64. The van der Waals surface area contributed by atoms with Crippen molar-refractivity contribution in [3.8, 4) is 5.75 Å². The first kappa shape index (κ1) is 16.9. The summed E-state index contributed by atoms with van der Waals surface area (Å²) >= 11 is 0. The number of para-hydroxylation sites is 2. The molecule has 1 aromatic heterocycles. The number of carbonyl (C=O) groups excluding carboxylic acids is 1. The molecule has 1 N–H and O–H groups in total. The molecule has 1 amide bonds. The Morgan fingerprint density at radius 2 is 1.92 bits per heavy atom. The van der Waals surface area contributed by atoms with Crippen molar-refractivity contribution in [3.63, 3.8) is 0 Å². The molecule has 5 nitrogen and oxygen atoms in total. The average molecular weight is 345 g/mol. The van der Waals surface area contributed by atoms with Gasteiger partial charge in [0.1, 0.15) is 18.1 Å². The maximum atomic E-state index is 12.3. The molecule has 0 unspecified atom stereocenters. The first-order valence-corrected chi connectivity index (χ1v) is 7.85. The molecule has 3 aromatic rings. The van der Waals surface area contributed by atoms with Crippen LogP contribution in [0.15, 0.2) is 48.5 Å². The summed E-state index contributed by atoms with van der Waals surface area (Å²) in [5.74, 6) is 0.652. The van der Waals surface area contributed by atoms with Crippen molar-refractivity contribution in [1.82, 2.24) is 9.55 Å². The number of fused-ring (bicyclic) bond motifs is 1. The van der Waals surface area contributed by atoms with Crippen LogP contribution in [0.1, 0.15) is 12.7 Å². The maximum absolute atomic E-state index is 12.3. The molecule has 25 heavy (non-hydrogen) atoms. The van der Waals surface area contributed by atoms with Gasteiger partial charge in [-0.1, -0.05) is 19.1 Å². The predicted octanol–water partition coefficient (Wildman–Crippen LogP) is 3.84. The van der Waals surface area contributed by atoms with Gasteiger partial charge in [0.05, 0.1) is 11.0 Å². The van der Waals surface area contributed by atoms with Gasteiger partial charge in [0, 0.05) is 12.1 Å². The minimum absolute atomic E-state index is 0.0434. The van der Waals surface area contributed by atoms with Gasteiger partial charge in [-0.2, -0.15) is 8.78 Å². The van der Waals surface area contributed by atoms with E-state index in [4.69, 9.17) is 0 Å². The number of carbonyl (C=O) groups is 1. The largest absolute Gasteiger partial charge is 0.435 e.